The molecule has 1 atom stereocenters. The molecular weight excluding hydrogens is 472 g/mol. The summed E-state index contributed by atoms with van der Waals surface area (Å²) in [5.74, 6) is 0.801. The van der Waals surface area contributed by atoms with Crippen LogP contribution < -0.4 is 10.1 Å². The van der Waals surface area contributed by atoms with Crippen LogP contribution in [0.1, 0.15) is 37.0 Å². The van der Waals surface area contributed by atoms with Crippen molar-refractivity contribution in [2.75, 3.05) is 27.2 Å². The zero-order valence-corrected chi connectivity index (χ0v) is 22.6. The molecule has 196 valence electrons. The third kappa shape index (κ3) is 6.78. The van der Waals surface area contributed by atoms with Gasteiger partial charge in [-0.1, -0.05) is 61.5 Å². The normalized spacial score (nSPS) is 12.9. The lowest BCUT2D eigenvalue weighted by Crippen LogP contribution is -2.32. The summed E-state index contributed by atoms with van der Waals surface area (Å²) in [6, 6.07) is 25.5. The molecule has 0 saturated carbocycles. The van der Waals surface area contributed by atoms with Crippen molar-refractivity contribution in [1.82, 2.24) is 20.4 Å². The van der Waals surface area contributed by atoms with E-state index in [1.807, 2.05) is 24.4 Å². The number of hydrogen-bond donors (Lipinski definition) is 2. The maximum Gasteiger partial charge on any atom is 0.245 e. The molecule has 0 fully saturated rings. The maximum absolute atomic E-state index is 11.6. The molecule has 2 N–H and O–H groups in total. The van der Waals surface area contributed by atoms with Crippen LogP contribution in [0.5, 0.6) is 5.75 Å². The number of ether oxygens (including phenoxy) is 1. The quantitative estimate of drug-likeness (QED) is 0.195. The van der Waals surface area contributed by atoms with Gasteiger partial charge in [0.05, 0.1) is 11.7 Å². The van der Waals surface area contributed by atoms with Crippen LogP contribution >= 0.6 is 0 Å². The Labute approximate surface area is 225 Å². The number of fused-ring (bicyclic) bond motifs is 1. The van der Waals surface area contributed by atoms with Crippen LogP contribution in [-0.4, -0.2) is 54.3 Å². The fourth-order valence-electron chi connectivity index (χ4n) is 4.35. The van der Waals surface area contributed by atoms with Crippen molar-refractivity contribution in [3.8, 4) is 5.75 Å². The minimum atomic E-state index is -0.0209. The van der Waals surface area contributed by atoms with Gasteiger partial charge in [-0.15, -0.1) is 0 Å². The van der Waals surface area contributed by atoms with Gasteiger partial charge in [0.25, 0.3) is 0 Å². The van der Waals surface area contributed by atoms with Crippen LogP contribution in [0.3, 0.4) is 0 Å². The van der Waals surface area contributed by atoms with E-state index in [1.54, 1.807) is 25.1 Å². The van der Waals surface area contributed by atoms with Crippen LogP contribution in [0.2, 0.25) is 0 Å². The number of H-pyrrole nitrogens is 1. The standard InChI is InChI=1S/C32H36N4O2/c1-5-29(24-10-7-6-8-11-24)32(26-15-18-30-27(20-26)21-34-35-30)25-13-16-28(17-14-25)38-22-23(2)33-19-9-12-31(37)36(3)4/h6-18,20-21,23,33H,5,19,22H2,1-4H3,(H,34,35). The first kappa shape index (κ1) is 26.9. The molecule has 0 aliphatic heterocycles. The number of aromatic amines is 1. The van der Waals surface area contributed by atoms with Crippen molar-refractivity contribution in [1.29, 1.82) is 0 Å². The van der Waals surface area contributed by atoms with Gasteiger partial charge < -0.3 is 15.0 Å². The highest BCUT2D eigenvalue weighted by Crippen LogP contribution is 2.36. The minimum absolute atomic E-state index is 0.0209. The second-order valence-corrected chi connectivity index (χ2v) is 9.52. The molecule has 38 heavy (non-hydrogen) atoms. The van der Waals surface area contributed by atoms with Gasteiger partial charge in [-0.05, 0) is 65.4 Å². The third-order valence-electron chi connectivity index (χ3n) is 6.43. The smallest absolute Gasteiger partial charge is 0.245 e. The molecule has 1 unspecified atom stereocenters. The summed E-state index contributed by atoms with van der Waals surface area (Å²) in [6.07, 6.45) is 6.18. The summed E-state index contributed by atoms with van der Waals surface area (Å²) in [5, 5.41) is 11.7. The number of hydrogen-bond acceptors (Lipinski definition) is 4. The van der Waals surface area contributed by atoms with Gasteiger partial charge in [-0.3, -0.25) is 9.89 Å². The SMILES string of the molecule is CCC(=C(c1ccc(OCC(C)NCC=CC(=O)N(C)C)cc1)c1ccc2[nH]ncc2c1)c1ccccc1. The summed E-state index contributed by atoms with van der Waals surface area (Å²) in [7, 11) is 3.48. The first-order valence-corrected chi connectivity index (χ1v) is 13.0. The summed E-state index contributed by atoms with van der Waals surface area (Å²) in [6.45, 7) is 5.41. The predicted molar refractivity (Wildman–Crippen MR) is 156 cm³/mol. The molecule has 0 aliphatic rings. The van der Waals surface area contributed by atoms with E-state index in [-0.39, 0.29) is 11.9 Å². The monoisotopic (exact) mass is 508 g/mol. The molecule has 6 nitrogen and oxygen atoms in total. The molecule has 0 bridgehead atoms. The number of benzene rings is 3. The number of carbonyl (C=O) groups is 1. The molecular formula is C32H36N4O2. The number of nitrogens with zero attached hydrogens (tertiary/aromatic N) is 2. The van der Waals surface area contributed by atoms with Crippen LogP contribution in [0.4, 0.5) is 0 Å². The van der Waals surface area contributed by atoms with Crippen molar-refractivity contribution < 1.29 is 9.53 Å². The minimum Gasteiger partial charge on any atom is -0.492 e. The number of likely N-dealkylation sites (N-methyl/N-ethyl adjacent to an activating group) is 1. The van der Waals surface area contributed by atoms with Gasteiger partial charge in [0.1, 0.15) is 12.4 Å². The van der Waals surface area contributed by atoms with Crippen LogP contribution in [0.25, 0.3) is 22.0 Å². The van der Waals surface area contributed by atoms with Crippen LogP contribution in [-0.2, 0) is 4.79 Å². The molecule has 1 amide bonds. The Morgan fingerprint density at radius 2 is 1.76 bits per heavy atom. The lowest BCUT2D eigenvalue weighted by molar-refractivity contribution is -0.123. The highest BCUT2D eigenvalue weighted by atomic mass is 16.5. The van der Waals surface area contributed by atoms with Gasteiger partial charge in [0.15, 0.2) is 0 Å². The summed E-state index contributed by atoms with van der Waals surface area (Å²) >= 11 is 0. The number of amides is 1. The molecule has 0 saturated heterocycles. The van der Waals surface area contributed by atoms with Crippen molar-refractivity contribution >= 4 is 28.0 Å². The van der Waals surface area contributed by atoms with Crippen molar-refractivity contribution in [3.63, 3.8) is 0 Å². The van der Waals surface area contributed by atoms with E-state index in [0.29, 0.717) is 13.2 Å². The van der Waals surface area contributed by atoms with Gasteiger partial charge in [-0.25, -0.2) is 0 Å². The highest BCUT2D eigenvalue weighted by Gasteiger charge is 2.14. The van der Waals surface area contributed by atoms with E-state index in [0.717, 1.165) is 34.2 Å². The van der Waals surface area contributed by atoms with E-state index < -0.39 is 0 Å². The number of nitrogens with one attached hydrogen (secondary N) is 2. The number of allylic oxidation sites excluding steroid dienone is 1. The Morgan fingerprint density at radius 1 is 1.03 bits per heavy atom. The predicted octanol–water partition coefficient (Wildman–Crippen LogP) is 5.93. The van der Waals surface area contributed by atoms with Gasteiger partial charge in [-0.2, -0.15) is 5.10 Å². The topological polar surface area (TPSA) is 70.2 Å². The Kier molecular flexibility index (Phi) is 9.11. The second kappa shape index (κ2) is 12.9. The first-order chi connectivity index (χ1) is 18.5. The third-order valence-corrected chi connectivity index (χ3v) is 6.43. The van der Waals surface area contributed by atoms with Gasteiger partial charge in [0.2, 0.25) is 5.91 Å². The zero-order valence-electron chi connectivity index (χ0n) is 22.6. The average Bonchev–Trinajstić information content (AvgIpc) is 3.41. The van der Waals surface area contributed by atoms with E-state index in [9.17, 15) is 4.79 Å². The van der Waals surface area contributed by atoms with Crippen molar-refractivity contribution in [3.05, 3.63) is 108 Å². The molecule has 0 aliphatic carbocycles. The van der Waals surface area contributed by atoms with E-state index >= 15 is 0 Å². The molecule has 6 heteroatoms. The molecule has 1 aromatic heterocycles. The van der Waals surface area contributed by atoms with Crippen molar-refractivity contribution in [2.24, 2.45) is 0 Å². The van der Waals surface area contributed by atoms with Crippen LogP contribution in [0, 0.1) is 0 Å². The lowest BCUT2D eigenvalue weighted by atomic mass is 9.88. The Balaban J connectivity index is 1.52. The lowest BCUT2D eigenvalue weighted by Gasteiger charge is -2.18. The fraction of sp³-hybridized carbons (Fsp3) is 0.250. The summed E-state index contributed by atoms with van der Waals surface area (Å²) < 4.78 is 6.05. The van der Waals surface area contributed by atoms with Crippen molar-refractivity contribution in [2.45, 2.75) is 26.3 Å². The highest BCUT2D eigenvalue weighted by molar-refractivity contribution is 6.00. The molecule has 0 spiro atoms. The Hall–Kier alpha value is -4.16. The largest absolute Gasteiger partial charge is 0.492 e. The molecule has 4 aromatic rings. The number of carbonyl (C=O) groups excluding carboxylic acids is 1. The fourth-order valence-corrected chi connectivity index (χ4v) is 4.35. The van der Waals surface area contributed by atoms with Gasteiger partial charge in [0, 0.05) is 38.1 Å². The Bertz CT molecular complexity index is 1400. The average molecular weight is 509 g/mol. The van der Waals surface area contributed by atoms with Crippen LogP contribution in [0.15, 0.2) is 91.1 Å². The van der Waals surface area contributed by atoms with E-state index in [2.05, 4.69) is 90.0 Å². The molecule has 4 rings (SSSR count). The summed E-state index contributed by atoms with van der Waals surface area (Å²) in [5.41, 5.74) is 7.05. The number of rotatable bonds is 11. The van der Waals surface area contributed by atoms with Gasteiger partial charge >= 0.3 is 0 Å². The molecule has 0 radical (unpaired) electrons. The van der Waals surface area contributed by atoms with E-state index in [4.69, 9.17) is 4.74 Å². The molecule has 3 aromatic carbocycles. The first-order valence-electron chi connectivity index (χ1n) is 13.0. The number of aromatic nitrogens is 2. The second-order valence-electron chi connectivity index (χ2n) is 9.52. The Morgan fingerprint density at radius 3 is 2.47 bits per heavy atom. The molecule has 1 heterocycles. The summed E-state index contributed by atoms with van der Waals surface area (Å²) in [4.78, 5) is 13.2. The maximum atomic E-state index is 11.6. The van der Waals surface area contributed by atoms with E-state index in [1.165, 1.54) is 16.7 Å². The zero-order chi connectivity index (χ0) is 26.9.